The normalized spacial score (nSPS) is 17.2. The van der Waals surface area contributed by atoms with Crippen LogP contribution >= 0.6 is 12.2 Å². The predicted octanol–water partition coefficient (Wildman–Crippen LogP) is -2.14. The van der Waals surface area contributed by atoms with Gasteiger partial charge in [-0.1, -0.05) is 0 Å². The van der Waals surface area contributed by atoms with E-state index < -0.39 is 39.1 Å². The van der Waals surface area contributed by atoms with Gasteiger partial charge in [0.2, 0.25) is 0 Å². The maximum atomic E-state index is 13.1. The number of anilines is 1. The second-order valence-electron chi connectivity index (χ2n) is 5.15. The molecule has 2 aliphatic heterocycles. The van der Waals surface area contributed by atoms with Crippen LogP contribution in [0, 0.1) is 0 Å². The van der Waals surface area contributed by atoms with Crippen molar-refractivity contribution in [3.05, 3.63) is 50.8 Å². The number of carbonyl (C=O) groups excluding carboxylic acids is 3. The Kier molecular flexibility index (Phi) is 5.37. The molecule has 2 heterocycles. The molecule has 1 amide bonds. The molecule has 0 radical (unpaired) electrons. The van der Waals surface area contributed by atoms with Crippen molar-refractivity contribution in [1.29, 1.82) is 0 Å². The number of amides is 1. The van der Waals surface area contributed by atoms with Crippen LogP contribution in [0.2, 0.25) is 0 Å². The van der Waals surface area contributed by atoms with Crippen LogP contribution in [0.5, 0.6) is 0 Å². The summed E-state index contributed by atoms with van der Waals surface area (Å²) in [5.41, 5.74) is 0.927. The van der Waals surface area contributed by atoms with Gasteiger partial charge in [0.05, 0.1) is 0 Å². The molecule has 7 nitrogen and oxygen atoms in total. The van der Waals surface area contributed by atoms with E-state index in [1.807, 2.05) is 6.07 Å². The summed E-state index contributed by atoms with van der Waals surface area (Å²) in [6, 6.07) is 8.82. The zero-order valence-corrected chi connectivity index (χ0v) is 16.8. The fourth-order valence-electron chi connectivity index (χ4n) is 2.62. The molecular weight excluding hydrogens is 471 g/mol. The van der Waals surface area contributed by atoms with Crippen molar-refractivity contribution in [1.82, 2.24) is 5.32 Å². The number of nitrogens with zero attached hydrogens (tertiary/aromatic N) is 1. The number of hydrogen-bond acceptors (Lipinski definition) is 7. The molecule has 0 unspecified atom stereocenters. The fourth-order valence-corrected chi connectivity index (χ4v) is 5.59. The van der Waals surface area contributed by atoms with E-state index in [1.165, 1.54) is 19.1 Å². The molecule has 1 fully saturated rings. The monoisotopic (exact) mass is 485 g/mol. The van der Waals surface area contributed by atoms with E-state index in [2.05, 4.69) is 5.32 Å². The quantitative estimate of drug-likeness (QED) is 0.172. The Balaban J connectivity index is 2.27. The molecule has 1 saturated heterocycles. The van der Waals surface area contributed by atoms with Crippen LogP contribution in [-0.4, -0.2) is 41.6 Å². The van der Waals surface area contributed by atoms with Crippen LogP contribution < -0.4 is 31.4 Å². The summed E-state index contributed by atoms with van der Waals surface area (Å²) >= 11 is 4.65. The van der Waals surface area contributed by atoms with Gasteiger partial charge < -0.3 is 0 Å². The van der Waals surface area contributed by atoms with Crippen molar-refractivity contribution in [2.45, 2.75) is 0 Å². The number of ether oxygens (including phenoxy) is 2. The van der Waals surface area contributed by atoms with E-state index in [9.17, 15) is 14.4 Å². The van der Waals surface area contributed by atoms with E-state index in [1.54, 1.807) is 24.3 Å². The standard InChI is InChI=1S/C17H14IN2O5S/c1-24-16(22)12-10-11(13(17(23)25-2)19-8-18-12)14(21)20(15(10)26)9-6-4-3-5-7-9/h3-7,19H,8H2,1-2H3/q-1. The Morgan fingerprint density at radius 1 is 1.12 bits per heavy atom. The molecule has 3 rings (SSSR count). The van der Waals surface area contributed by atoms with E-state index in [0.717, 1.165) is 0 Å². The van der Waals surface area contributed by atoms with Gasteiger partial charge in [-0.15, -0.1) is 0 Å². The summed E-state index contributed by atoms with van der Waals surface area (Å²) in [5, 5.41) is 2.93. The third kappa shape index (κ3) is 3.01. The summed E-state index contributed by atoms with van der Waals surface area (Å²) < 4.78 is 10.4. The van der Waals surface area contributed by atoms with E-state index in [4.69, 9.17) is 21.7 Å². The molecule has 1 N–H and O–H groups in total. The molecule has 1 aromatic rings. The molecular formula is C17H14IN2O5S-. The number of fused-ring (bicyclic) bond motifs is 1. The average molecular weight is 485 g/mol. The van der Waals surface area contributed by atoms with E-state index in [0.29, 0.717) is 19.4 Å². The third-order valence-electron chi connectivity index (χ3n) is 3.77. The number of halogens is 1. The van der Waals surface area contributed by atoms with Crippen LogP contribution in [0.25, 0.3) is 0 Å². The molecule has 9 heteroatoms. The summed E-state index contributed by atoms with van der Waals surface area (Å²) in [5.74, 6) is -1.70. The Morgan fingerprint density at radius 2 is 1.77 bits per heavy atom. The summed E-state index contributed by atoms with van der Waals surface area (Å²) in [6.07, 6.45) is 0. The molecule has 26 heavy (non-hydrogen) atoms. The minimum absolute atomic E-state index is 0.0203. The van der Waals surface area contributed by atoms with Crippen molar-refractivity contribution in [2.24, 2.45) is 0 Å². The first-order chi connectivity index (χ1) is 12.5. The van der Waals surface area contributed by atoms with Crippen molar-refractivity contribution in [3.8, 4) is 0 Å². The number of hydrogen-bond donors (Lipinski definition) is 1. The van der Waals surface area contributed by atoms with Gasteiger partial charge in [-0.3, -0.25) is 0 Å². The van der Waals surface area contributed by atoms with Crippen LogP contribution in [0.4, 0.5) is 5.69 Å². The zero-order valence-electron chi connectivity index (χ0n) is 13.9. The van der Waals surface area contributed by atoms with Gasteiger partial charge in [0, 0.05) is 0 Å². The second kappa shape index (κ2) is 7.54. The van der Waals surface area contributed by atoms with Gasteiger partial charge >= 0.3 is 166 Å². The average Bonchev–Trinajstić information content (AvgIpc) is 2.82. The Morgan fingerprint density at radius 3 is 2.38 bits per heavy atom. The number of carbonyl (C=O) groups is 3. The summed E-state index contributed by atoms with van der Waals surface area (Å²) in [7, 11) is 2.51. The Labute approximate surface area is 165 Å². The summed E-state index contributed by atoms with van der Waals surface area (Å²) in [4.78, 5) is 39.2. The molecule has 136 valence electrons. The molecule has 2 aliphatic rings. The van der Waals surface area contributed by atoms with Gasteiger partial charge in [-0.05, 0) is 0 Å². The van der Waals surface area contributed by atoms with Crippen molar-refractivity contribution >= 4 is 40.7 Å². The number of nitrogens with one attached hydrogen (secondary N) is 1. The first-order valence-corrected chi connectivity index (χ1v) is 10.4. The summed E-state index contributed by atoms with van der Waals surface area (Å²) in [6.45, 7) is 0. The maximum absolute atomic E-state index is 13.1. The van der Waals surface area contributed by atoms with Gasteiger partial charge in [-0.2, -0.15) is 0 Å². The molecule has 0 spiro atoms. The van der Waals surface area contributed by atoms with Crippen LogP contribution in [0.15, 0.2) is 50.8 Å². The van der Waals surface area contributed by atoms with Crippen molar-refractivity contribution in [2.75, 3.05) is 23.7 Å². The Hall–Kier alpha value is -2.27. The van der Waals surface area contributed by atoms with Crippen LogP contribution in [-0.2, 0) is 23.9 Å². The number of thiocarbonyl (C=S) groups is 1. The number of esters is 2. The number of para-hydroxylation sites is 1. The SMILES string of the molecule is COC(=O)C1=C2C(=O)N(c3ccccc3)C(=S)C2=C(C(=O)OC)[I-]CN1. The number of methoxy groups -OCH3 is 2. The number of benzene rings is 1. The first-order valence-electron chi connectivity index (χ1n) is 7.43. The molecule has 0 saturated carbocycles. The molecule has 0 aromatic heterocycles. The number of rotatable bonds is 3. The van der Waals surface area contributed by atoms with Gasteiger partial charge in [0.25, 0.3) is 0 Å². The van der Waals surface area contributed by atoms with Gasteiger partial charge in [0.1, 0.15) is 0 Å². The van der Waals surface area contributed by atoms with Crippen LogP contribution in [0.3, 0.4) is 0 Å². The van der Waals surface area contributed by atoms with Gasteiger partial charge in [-0.25, -0.2) is 0 Å². The fraction of sp³-hybridized carbons (Fsp3) is 0.176. The molecule has 1 aromatic carbocycles. The minimum atomic E-state index is -0.875. The second-order valence-corrected chi connectivity index (χ2v) is 8.14. The molecule has 0 bridgehead atoms. The Bertz CT molecular complexity index is 826. The van der Waals surface area contributed by atoms with Crippen LogP contribution in [0.1, 0.15) is 0 Å². The zero-order chi connectivity index (χ0) is 18.8. The first kappa shape index (κ1) is 18.5. The van der Waals surface area contributed by atoms with Crippen molar-refractivity contribution in [3.63, 3.8) is 0 Å². The van der Waals surface area contributed by atoms with E-state index >= 15 is 0 Å². The van der Waals surface area contributed by atoms with Gasteiger partial charge in [0.15, 0.2) is 0 Å². The molecule has 0 aliphatic carbocycles. The third-order valence-corrected chi connectivity index (χ3v) is 6.66. The van der Waals surface area contributed by atoms with E-state index in [-0.39, 0.29) is 16.3 Å². The number of alkyl halides is 1. The predicted molar refractivity (Wildman–Crippen MR) is 92.6 cm³/mol. The topological polar surface area (TPSA) is 84.9 Å². The molecule has 0 atom stereocenters. The van der Waals surface area contributed by atoms with Crippen molar-refractivity contribution < 1.29 is 45.1 Å².